The molecule has 1 aromatic rings. The third kappa shape index (κ3) is 2.30. The van der Waals surface area contributed by atoms with Gasteiger partial charge in [-0.05, 0) is 37.0 Å². The lowest BCUT2D eigenvalue weighted by atomic mass is 9.77. The zero-order valence-corrected chi connectivity index (χ0v) is 8.74. The van der Waals surface area contributed by atoms with Crippen molar-refractivity contribution in [2.24, 2.45) is 0 Å². The second-order valence-corrected chi connectivity index (χ2v) is 4.31. The zero-order valence-electron chi connectivity index (χ0n) is 8.74. The highest BCUT2D eigenvalue weighted by molar-refractivity contribution is 5.25. The van der Waals surface area contributed by atoms with Gasteiger partial charge in [0.25, 0.3) is 0 Å². The molecule has 0 unspecified atom stereocenters. The number of nitrogens with one attached hydrogen (secondary N) is 1. The number of benzene rings is 1. The molecule has 0 amide bonds. The van der Waals surface area contributed by atoms with Crippen LogP contribution in [0.3, 0.4) is 0 Å². The first-order valence-electron chi connectivity index (χ1n) is 5.38. The molecule has 1 aliphatic carbocycles. The Labute approximate surface area is 89.8 Å². The molecular formula is C12H17NO2. The Morgan fingerprint density at radius 2 is 1.87 bits per heavy atom. The predicted octanol–water partition coefficient (Wildman–Crippen LogP) is 1.40. The van der Waals surface area contributed by atoms with Crippen LogP contribution in [0.4, 0.5) is 0 Å². The molecule has 1 fully saturated rings. The Bertz CT molecular complexity index is 311. The summed E-state index contributed by atoms with van der Waals surface area (Å²) in [7, 11) is 0. The average molecular weight is 207 g/mol. The fourth-order valence-corrected chi connectivity index (χ4v) is 1.90. The molecule has 1 aliphatic rings. The first-order chi connectivity index (χ1) is 7.24. The third-order valence-corrected chi connectivity index (χ3v) is 3.22. The van der Waals surface area contributed by atoms with Crippen LogP contribution in [0.5, 0.6) is 5.75 Å². The summed E-state index contributed by atoms with van der Waals surface area (Å²) < 4.78 is 0. The zero-order chi connectivity index (χ0) is 10.7. The number of aliphatic hydroxyl groups is 1. The van der Waals surface area contributed by atoms with E-state index in [4.69, 9.17) is 5.11 Å². The van der Waals surface area contributed by atoms with Crippen LogP contribution in [-0.2, 0) is 6.54 Å². The van der Waals surface area contributed by atoms with Crippen LogP contribution >= 0.6 is 0 Å². The van der Waals surface area contributed by atoms with E-state index in [9.17, 15) is 5.11 Å². The van der Waals surface area contributed by atoms with Gasteiger partial charge in [0.05, 0.1) is 6.61 Å². The van der Waals surface area contributed by atoms with Gasteiger partial charge in [-0.25, -0.2) is 0 Å². The average Bonchev–Trinajstić information content (AvgIpc) is 2.20. The Kier molecular flexibility index (Phi) is 2.93. The molecule has 0 spiro atoms. The Morgan fingerprint density at radius 3 is 2.33 bits per heavy atom. The minimum absolute atomic E-state index is 0.0438. The van der Waals surface area contributed by atoms with Crippen molar-refractivity contribution in [1.29, 1.82) is 0 Å². The normalized spacial score (nSPS) is 18.5. The maximum atomic E-state index is 9.26. The molecule has 0 saturated heterocycles. The minimum atomic E-state index is -0.0438. The van der Waals surface area contributed by atoms with Crippen LogP contribution in [0.15, 0.2) is 24.3 Å². The van der Waals surface area contributed by atoms with Crippen LogP contribution in [0.1, 0.15) is 24.8 Å². The fraction of sp³-hybridized carbons (Fsp3) is 0.500. The van der Waals surface area contributed by atoms with Gasteiger partial charge in [0.15, 0.2) is 0 Å². The van der Waals surface area contributed by atoms with Gasteiger partial charge in [-0.1, -0.05) is 12.1 Å². The molecule has 15 heavy (non-hydrogen) atoms. The highest BCUT2D eigenvalue weighted by atomic mass is 16.3. The molecule has 0 bridgehead atoms. The summed E-state index contributed by atoms with van der Waals surface area (Å²) in [4.78, 5) is 0. The van der Waals surface area contributed by atoms with Crippen LogP contribution in [0, 0.1) is 0 Å². The van der Waals surface area contributed by atoms with E-state index in [0.29, 0.717) is 5.75 Å². The molecule has 0 radical (unpaired) electrons. The first-order valence-corrected chi connectivity index (χ1v) is 5.38. The van der Waals surface area contributed by atoms with E-state index in [2.05, 4.69) is 5.32 Å². The summed E-state index contributed by atoms with van der Waals surface area (Å²) in [6, 6.07) is 7.16. The second kappa shape index (κ2) is 4.21. The van der Waals surface area contributed by atoms with Gasteiger partial charge in [0.2, 0.25) is 0 Å². The molecule has 0 heterocycles. The molecule has 0 aliphatic heterocycles. The molecule has 82 valence electrons. The van der Waals surface area contributed by atoms with Crippen LogP contribution in [-0.4, -0.2) is 22.4 Å². The van der Waals surface area contributed by atoms with Gasteiger partial charge < -0.3 is 15.5 Å². The van der Waals surface area contributed by atoms with E-state index in [1.165, 1.54) is 6.42 Å². The maximum Gasteiger partial charge on any atom is 0.115 e. The topological polar surface area (TPSA) is 52.5 Å². The fourth-order valence-electron chi connectivity index (χ4n) is 1.90. The molecule has 3 nitrogen and oxygen atoms in total. The minimum Gasteiger partial charge on any atom is -0.508 e. The molecular weight excluding hydrogens is 190 g/mol. The standard InChI is InChI=1S/C12H17NO2/c14-9-12(6-1-7-12)13-8-10-2-4-11(15)5-3-10/h2-5,13-15H,1,6-9H2. The van der Waals surface area contributed by atoms with Crippen LogP contribution < -0.4 is 5.32 Å². The maximum absolute atomic E-state index is 9.26. The van der Waals surface area contributed by atoms with Crippen molar-refractivity contribution in [1.82, 2.24) is 5.32 Å². The van der Waals surface area contributed by atoms with E-state index >= 15 is 0 Å². The summed E-state index contributed by atoms with van der Waals surface area (Å²) in [6.45, 7) is 0.964. The predicted molar refractivity (Wildman–Crippen MR) is 58.6 cm³/mol. The quantitative estimate of drug-likeness (QED) is 0.699. The largest absolute Gasteiger partial charge is 0.508 e. The van der Waals surface area contributed by atoms with Crippen molar-refractivity contribution in [3.8, 4) is 5.75 Å². The number of hydrogen-bond acceptors (Lipinski definition) is 3. The van der Waals surface area contributed by atoms with Crippen LogP contribution in [0.2, 0.25) is 0 Å². The number of hydrogen-bond donors (Lipinski definition) is 3. The van der Waals surface area contributed by atoms with Crippen molar-refractivity contribution in [3.05, 3.63) is 29.8 Å². The van der Waals surface area contributed by atoms with E-state index in [0.717, 1.165) is 24.9 Å². The number of aliphatic hydroxyl groups excluding tert-OH is 1. The molecule has 0 atom stereocenters. The number of phenols is 1. The molecule has 3 N–H and O–H groups in total. The van der Waals surface area contributed by atoms with E-state index < -0.39 is 0 Å². The lowest BCUT2D eigenvalue weighted by Gasteiger charge is -2.41. The Morgan fingerprint density at radius 1 is 1.20 bits per heavy atom. The molecule has 1 saturated carbocycles. The van der Waals surface area contributed by atoms with E-state index in [1.807, 2.05) is 12.1 Å². The third-order valence-electron chi connectivity index (χ3n) is 3.22. The Hall–Kier alpha value is -1.06. The molecule has 2 rings (SSSR count). The number of aromatic hydroxyl groups is 1. The summed E-state index contributed by atoms with van der Waals surface area (Å²) in [6.07, 6.45) is 3.31. The monoisotopic (exact) mass is 207 g/mol. The highest BCUT2D eigenvalue weighted by Gasteiger charge is 2.35. The van der Waals surface area contributed by atoms with Gasteiger partial charge in [-0.3, -0.25) is 0 Å². The SMILES string of the molecule is OCC1(NCc2ccc(O)cc2)CCC1. The van der Waals surface area contributed by atoms with Crippen molar-refractivity contribution in [2.45, 2.75) is 31.3 Å². The number of rotatable bonds is 4. The smallest absolute Gasteiger partial charge is 0.115 e. The first kappa shape index (κ1) is 10.5. The van der Waals surface area contributed by atoms with E-state index in [-0.39, 0.29) is 12.1 Å². The van der Waals surface area contributed by atoms with Gasteiger partial charge in [-0.2, -0.15) is 0 Å². The molecule has 1 aromatic carbocycles. The molecule has 0 aromatic heterocycles. The van der Waals surface area contributed by atoms with Crippen molar-refractivity contribution in [3.63, 3.8) is 0 Å². The molecule has 3 heteroatoms. The Balaban J connectivity index is 1.90. The summed E-state index contributed by atoms with van der Waals surface area (Å²) in [5.41, 5.74) is 1.09. The summed E-state index contributed by atoms with van der Waals surface area (Å²) in [5, 5.41) is 21.8. The number of phenolic OH excluding ortho intramolecular Hbond substituents is 1. The van der Waals surface area contributed by atoms with Gasteiger partial charge in [0.1, 0.15) is 5.75 Å². The lowest BCUT2D eigenvalue weighted by Crippen LogP contribution is -2.53. The van der Waals surface area contributed by atoms with Gasteiger partial charge >= 0.3 is 0 Å². The summed E-state index contributed by atoms with van der Waals surface area (Å²) in [5.74, 6) is 0.291. The second-order valence-electron chi connectivity index (χ2n) is 4.31. The van der Waals surface area contributed by atoms with Gasteiger partial charge in [-0.15, -0.1) is 0 Å². The van der Waals surface area contributed by atoms with Crippen LogP contribution in [0.25, 0.3) is 0 Å². The lowest BCUT2D eigenvalue weighted by molar-refractivity contribution is 0.0872. The van der Waals surface area contributed by atoms with Crippen molar-refractivity contribution >= 4 is 0 Å². The summed E-state index contributed by atoms with van der Waals surface area (Å²) >= 11 is 0. The highest BCUT2D eigenvalue weighted by Crippen LogP contribution is 2.31. The van der Waals surface area contributed by atoms with Crippen molar-refractivity contribution < 1.29 is 10.2 Å². The van der Waals surface area contributed by atoms with E-state index in [1.54, 1.807) is 12.1 Å². The van der Waals surface area contributed by atoms with Gasteiger partial charge in [0, 0.05) is 12.1 Å². The van der Waals surface area contributed by atoms with Crippen molar-refractivity contribution in [2.75, 3.05) is 6.61 Å².